The molecule has 0 aromatic carbocycles. The number of allylic oxidation sites excluding steroid dienone is 1. The molecular formula is C12H17NO. The number of hydrogen-bond acceptors (Lipinski definition) is 2. The normalized spacial score (nSPS) is 18.4. The van der Waals surface area contributed by atoms with E-state index in [0.29, 0.717) is 0 Å². The van der Waals surface area contributed by atoms with Gasteiger partial charge in [-0.3, -0.25) is 0 Å². The van der Waals surface area contributed by atoms with Crippen LogP contribution in [0.2, 0.25) is 0 Å². The van der Waals surface area contributed by atoms with Crippen molar-refractivity contribution >= 4 is 6.08 Å². The smallest absolute Gasteiger partial charge is 0.218 e. The lowest BCUT2D eigenvalue weighted by molar-refractivity contribution is 0.514. The van der Waals surface area contributed by atoms with Gasteiger partial charge in [0.1, 0.15) is 5.76 Å². The van der Waals surface area contributed by atoms with E-state index in [1.54, 1.807) is 0 Å². The summed E-state index contributed by atoms with van der Waals surface area (Å²) in [6.45, 7) is 3.93. The summed E-state index contributed by atoms with van der Waals surface area (Å²) >= 11 is 0. The fourth-order valence-corrected chi connectivity index (χ4v) is 1.94. The van der Waals surface area contributed by atoms with Gasteiger partial charge < -0.3 is 4.42 Å². The average molecular weight is 191 g/mol. The van der Waals surface area contributed by atoms with Crippen LogP contribution in [0.15, 0.2) is 10.5 Å². The lowest BCUT2D eigenvalue weighted by Crippen LogP contribution is -1.85. The third-order valence-corrected chi connectivity index (χ3v) is 2.96. The minimum absolute atomic E-state index is 0.752. The summed E-state index contributed by atoms with van der Waals surface area (Å²) in [6.07, 6.45) is 9.68. The van der Waals surface area contributed by atoms with Gasteiger partial charge in [0.15, 0.2) is 0 Å². The first kappa shape index (κ1) is 9.50. The van der Waals surface area contributed by atoms with E-state index in [2.05, 4.69) is 11.1 Å². The maximum Gasteiger partial charge on any atom is 0.218 e. The van der Waals surface area contributed by atoms with Crippen LogP contribution in [0.5, 0.6) is 0 Å². The van der Waals surface area contributed by atoms with Gasteiger partial charge in [0.25, 0.3) is 0 Å². The fraction of sp³-hybridized carbons (Fsp3) is 0.583. The Labute approximate surface area is 85.0 Å². The van der Waals surface area contributed by atoms with Crippen LogP contribution >= 0.6 is 0 Å². The zero-order valence-electron chi connectivity index (χ0n) is 8.92. The highest BCUT2D eigenvalue weighted by molar-refractivity contribution is 5.39. The Morgan fingerprint density at radius 3 is 2.57 bits per heavy atom. The number of aromatic nitrogens is 1. The molecular weight excluding hydrogens is 174 g/mol. The van der Waals surface area contributed by atoms with Gasteiger partial charge in [-0.05, 0) is 38.7 Å². The molecule has 76 valence electrons. The largest absolute Gasteiger partial charge is 0.442 e. The van der Waals surface area contributed by atoms with E-state index in [1.165, 1.54) is 25.7 Å². The number of aryl methyl sites for hydroxylation is 2. The molecule has 1 aromatic heterocycles. The monoisotopic (exact) mass is 191 g/mol. The Bertz CT molecular complexity index is 313. The zero-order valence-corrected chi connectivity index (χ0v) is 8.92. The minimum Gasteiger partial charge on any atom is -0.442 e. The maximum atomic E-state index is 5.48. The van der Waals surface area contributed by atoms with Crippen molar-refractivity contribution in [3.63, 3.8) is 0 Å². The first-order valence-corrected chi connectivity index (χ1v) is 5.38. The van der Waals surface area contributed by atoms with Crippen LogP contribution in [0.25, 0.3) is 6.08 Å². The molecule has 0 atom stereocenters. The molecule has 2 nitrogen and oxygen atoms in total. The Kier molecular flexibility index (Phi) is 2.71. The van der Waals surface area contributed by atoms with Crippen molar-refractivity contribution in [3.8, 4) is 0 Å². The van der Waals surface area contributed by atoms with Crippen LogP contribution in [0.4, 0.5) is 0 Å². The first-order valence-electron chi connectivity index (χ1n) is 5.38. The van der Waals surface area contributed by atoms with E-state index in [9.17, 15) is 0 Å². The number of hydrogen-bond donors (Lipinski definition) is 0. The van der Waals surface area contributed by atoms with Crippen molar-refractivity contribution in [3.05, 3.63) is 23.4 Å². The van der Waals surface area contributed by atoms with Gasteiger partial charge in [0.05, 0.1) is 5.69 Å². The second-order valence-electron chi connectivity index (χ2n) is 4.10. The first-order chi connectivity index (χ1) is 6.75. The predicted molar refractivity (Wildman–Crippen MR) is 57.0 cm³/mol. The van der Waals surface area contributed by atoms with Gasteiger partial charge in [0.2, 0.25) is 5.89 Å². The highest BCUT2D eigenvalue weighted by Gasteiger charge is 2.11. The molecule has 1 aliphatic rings. The Morgan fingerprint density at radius 1 is 1.29 bits per heavy atom. The third-order valence-electron chi connectivity index (χ3n) is 2.96. The highest BCUT2D eigenvalue weighted by atomic mass is 16.4. The second kappa shape index (κ2) is 3.99. The molecule has 0 unspecified atom stereocenters. The van der Waals surface area contributed by atoms with Crippen molar-refractivity contribution in [2.75, 3.05) is 0 Å². The van der Waals surface area contributed by atoms with Crippen molar-refractivity contribution in [1.29, 1.82) is 0 Å². The molecule has 0 bridgehead atoms. The van der Waals surface area contributed by atoms with Crippen molar-refractivity contribution in [1.82, 2.24) is 4.98 Å². The van der Waals surface area contributed by atoms with Crippen LogP contribution in [-0.2, 0) is 0 Å². The molecule has 1 fully saturated rings. The quantitative estimate of drug-likeness (QED) is 0.715. The summed E-state index contributed by atoms with van der Waals surface area (Å²) < 4.78 is 5.48. The molecule has 0 saturated heterocycles. The lowest BCUT2D eigenvalue weighted by atomic mass is 10.1. The molecule has 0 radical (unpaired) electrons. The number of oxazole rings is 1. The van der Waals surface area contributed by atoms with E-state index in [4.69, 9.17) is 4.42 Å². The Hall–Kier alpha value is -1.05. The van der Waals surface area contributed by atoms with Crippen LogP contribution in [0.3, 0.4) is 0 Å². The minimum atomic E-state index is 0.752. The van der Waals surface area contributed by atoms with Gasteiger partial charge in [0, 0.05) is 0 Å². The summed E-state index contributed by atoms with van der Waals surface area (Å²) in [6, 6.07) is 0. The standard InChI is InChI=1S/C12H17NO/c1-9-10(2)14-12(13-9)8-7-11-5-3-4-6-11/h7-8,11H,3-6H2,1-2H3. The van der Waals surface area contributed by atoms with Crippen LogP contribution < -0.4 is 0 Å². The molecule has 0 spiro atoms. The Balaban J connectivity index is 2.02. The molecule has 1 saturated carbocycles. The second-order valence-corrected chi connectivity index (χ2v) is 4.10. The summed E-state index contributed by atoms with van der Waals surface area (Å²) in [7, 11) is 0. The molecule has 0 amide bonds. The number of rotatable bonds is 2. The van der Waals surface area contributed by atoms with E-state index in [0.717, 1.165) is 23.3 Å². The van der Waals surface area contributed by atoms with E-state index in [-0.39, 0.29) is 0 Å². The van der Waals surface area contributed by atoms with Crippen molar-refractivity contribution in [2.45, 2.75) is 39.5 Å². The summed E-state index contributed by atoms with van der Waals surface area (Å²) in [5.41, 5.74) is 0.996. The van der Waals surface area contributed by atoms with Crippen molar-refractivity contribution in [2.24, 2.45) is 5.92 Å². The van der Waals surface area contributed by atoms with Crippen LogP contribution in [0, 0.1) is 19.8 Å². The van der Waals surface area contributed by atoms with Gasteiger partial charge in [-0.2, -0.15) is 0 Å². The topological polar surface area (TPSA) is 26.0 Å². The predicted octanol–water partition coefficient (Wildman–Crippen LogP) is 3.49. The maximum absolute atomic E-state index is 5.48. The van der Waals surface area contributed by atoms with Crippen LogP contribution in [0.1, 0.15) is 43.0 Å². The van der Waals surface area contributed by atoms with Gasteiger partial charge in [-0.1, -0.05) is 18.9 Å². The fourth-order valence-electron chi connectivity index (χ4n) is 1.94. The summed E-state index contributed by atoms with van der Waals surface area (Å²) in [5, 5.41) is 0. The van der Waals surface area contributed by atoms with Crippen molar-refractivity contribution < 1.29 is 4.42 Å². The molecule has 1 aromatic rings. The van der Waals surface area contributed by atoms with Gasteiger partial charge in [-0.15, -0.1) is 0 Å². The van der Waals surface area contributed by atoms with Crippen LogP contribution in [-0.4, -0.2) is 4.98 Å². The summed E-state index contributed by atoms with van der Waals surface area (Å²) in [5.74, 6) is 2.44. The average Bonchev–Trinajstić information content (AvgIpc) is 2.74. The molecule has 1 heterocycles. The molecule has 1 aliphatic carbocycles. The summed E-state index contributed by atoms with van der Waals surface area (Å²) in [4.78, 5) is 4.32. The molecule has 14 heavy (non-hydrogen) atoms. The molecule has 0 N–H and O–H groups in total. The Morgan fingerprint density at radius 2 is 2.00 bits per heavy atom. The lowest BCUT2D eigenvalue weighted by Gasteiger charge is -1.97. The van der Waals surface area contributed by atoms with E-state index >= 15 is 0 Å². The third kappa shape index (κ3) is 2.06. The van der Waals surface area contributed by atoms with E-state index < -0.39 is 0 Å². The number of nitrogens with zero attached hydrogens (tertiary/aromatic N) is 1. The molecule has 2 heteroatoms. The van der Waals surface area contributed by atoms with E-state index in [1.807, 2.05) is 19.9 Å². The van der Waals surface area contributed by atoms with Gasteiger partial charge in [-0.25, -0.2) is 4.98 Å². The highest BCUT2D eigenvalue weighted by Crippen LogP contribution is 2.26. The zero-order chi connectivity index (χ0) is 9.97. The SMILES string of the molecule is Cc1nc(C=CC2CCCC2)oc1C. The molecule has 2 rings (SSSR count). The molecule has 0 aliphatic heterocycles. The van der Waals surface area contributed by atoms with Gasteiger partial charge >= 0.3 is 0 Å².